The number of fused-ring (bicyclic) bond motifs is 1. The lowest BCUT2D eigenvalue weighted by Gasteiger charge is -2.26. The predicted octanol–water partition coefficient (Wildman–Crippen LogP) is 5.28. The maximum Gasteiger partial charge on any atom is 0.223 e. The molecule has 200 valence electrons. The van der Waals surface area contributed by atoms with Gasteiger partial charge in [-0.2, -0.15) is 0 Å². The number of rotatable bonds is 8. The summed E-state index contributed by atoms with van der Waals surface area (Å²) in [7, 11) is 3.18. The maximum atomic E-state index is 6.78. The minimum absolute atomic E-state index is 0.158. The highest BCUT2D eigenvalue weighted by Gasteiger charge is 2.31. The zero-order chi connectivity index (χ0) is 26.6. The van der Waals surface area contributed by atoms with Crippen LogP contribution in [-0.4, -0.2) is 54.5 Å². The van der Waals surface area contributed by atoms with Gasteiger partial charge < -0.3 is 30.6 Å². The number of nitrogens with one attached hydrogen (secondary N) is 2. The van der Waals surface area contributed by atoms with Crippen LogP contribution in [0.25, 0.3) is 16.5 Å². The van der Waals surface area contributed by atoms with Crippen molar-refractivity contribution in [3.63, 3.8) is 0 Å². The summed E-state index contributed by atoms with van der Waals surface area (Å²) in [6, 6.07) is 9.71. The Morgan fingerprint density at radius 1 is 1.18 bits per heavy atom. The molecule has 0 spiro atoms. The summed E-state index contributed by atoms with van der Waals surface area (Å²) in [5.74, 6) is 1.66. The molecular weight excluding hydrogens is 527 g/mol. The van der Waals surface area contributed by atoms with Gasteiger partial charge in [0.05, 0.1) is 35.5 Å². The number of allylic oxidation sites excluding steroid dienone is 2. The topological polar surface area (TPSA) is 116 Å². The number of nitrogens with two attached hydrogens (primary N) is 1. The standard InChI is InChI=1S/C27H30Cl2N6O3/c1-36-20-11-21(37-2)24(29)22(23(20)28)19-10-16-13-32-27(33-18-7-4-8-38-14-18)35-25(16)26(34-19)31-12-15-5-3-6-17(30)9-15/h3,5-6,9-10,13,18,20H,4,7-8,11-12,14,30H2,1-2H3,(H,31,34)(H,32,33,35)/t18-,20?/m0/s1. The van der Waals surface area contributed by atoms with E-state index in [9.17, 15) is 0 Å². The number of anilines is 3. The number of nitrogens with zero attached hydrogens (tertiary/aromatic N) is 3. The third-order valence-corrected chi connectivity index (χ3v) is 7.45. The van der Waals surface area contributed by atoms with Gasteiger partial charge >= 0.3 is 0 Å². The van der Waals surface area contributed by atoms with Crippen molar-refractivity contribution < 1.29 is 14.2 Å². The molecule has 4 N–H and O–H groups in total. The van der Waals surface area contributed by atoms with Crippen molar-refractivity contribution in [3.05, 3.63) is 63.6 Å². The van der Waals surface area contributed by atoms with Gasteiger partial charge in [-0.25, -0.2) is 15.0 Å². The second-order valence-electron chi connectivity index (χ2n) is 9.24. The smallest absolute Gasteiger partial charge is 0.223 e. The van der Waals surface area contributed by atoms with Gasteiger partial charge in [0, 0.05) is 49.5 Å². The number of methoxy groups -OCH3 is 2. The van der Waals surface area contributed by atoms with Gasteiger partial charge in [0.25, 0.3) is 0 Å². The van der Waals surface area contributed by atoms with Crippen LogP contribution in [0.15, 0.2) is 52.4 Å². The fourth-order valence-corrected chi connectivity index (χ4v) is 5.39. The molecule has 3 heterocycles. The Balaban J connectivity index is 1.58. The summed E-state index contributed by atoms with van der Waals surface area (Å²) in [5, 5.41) is 8.45. The van der Waals surface area contributed by atoms with Crippen LogP contribution in [0.3, 0.4) is 0 Å². The molecular formula is C27H30Cl2N6O3. The first-order valence-corrected chi connectivity index (χ1v) is 13.2. The molecule has 0 amide bonds. The number of hydrogen-bond donors (Lipinski definition) is 3. The molecule has 5 rings (SSSR count). The molecule has 0 bridgehead atoms. The van der Waals surface area contributed by atoms with Gasteiger partial charge in [0.2, 0.25) is 5.95 Å². The van der Waals surface area contributed by atoms with Gasteiger partial charge in [0.1, 0.15) is 17.4 Å². The lowest BCUT2D eigenvalue weighted by atomic mass is 9.98. The van der Waals surface area contributed by atoms with Gasteiger partial charge in [-0.05, 0) is 36.6 Å². The highest BCUT2D eigenvalue weighted by molar-refractivity contribution is 6.43. The Morgan fingerprint density at radius 3 is 2.79 bits per heavy atom. The van der Waals surface area contributed by atoms with Gasteiger partial charge in [-0.3, -0.25) is 0 Å². The summed E-state index contributed by atoms with van der Waals surface area (Å²) in [4.78, 5) is 14.3. The number of aromatic nitrogens is 3. The van der Waals surface area contributed by atoms with E-state index in [2.05, 4.69) is 15.6 Å². The van der Waals surface area contributed by atoms with Crippen molar-refractivity contribution in [3.8, 4) is 0 Å². The minimum atomic E-state index is -0.397. The first-order chi connectivity index (χ1) is 18.5. The first-order valence-electron chi connectivity index (χ1n) is 12.4. The quantitative estimate of drug-likeness (QED) is 0.318. The van der Waals surface area contributed by atoms with Crippen molar-refractivity contribution in [2.24, 2.45) is 0 Å². The highest BCUT2D eigenvalue weighted by Crippen LogP contribution is 2.42. The van der Waals surface area contributed by atoms with Crippen LogP contribution in [-0.2, 0) is 20.8 Å². The Morgan fingerprint density at radius 2 is 2.05 bits per heavy atom. The molecule has 3 aromatic rings. The molecule has 1 aliphatic carbocycles. The molecule has 1 unspecified atom stereocenters. The summed E-state index contributed by atoms with van der Waals surface area (Å²) in [6.45, 7) is 1.89. The largest absolute Gasteiger partial charge is 0.499 e. The highest BCUT2D eigenvalue weighted by atomic mass is 35.5. The van der Waals surface area contributed by atoms with E-state index in [0.29, 0.717) is 69.6 Å². The van der Waals surface area contributed by atoms with E-state index in [1.54, 1.807) is 20.4 Å². The van der Waals surface area contributed by atoms with Gasteiger partial charge in [-0.1, -0.05) is 35.3 Å². The summed E-state index contributed by atoms with van der Waals surface area (Å²) in [6.07, 6.45) is 3.81. The van der Waals surface area contributed by atoms with Crippen LogP contribution in [0.2, 0.25) is 0 Å². The van der Waals surface area contributed by atoms with Crippen molar-refractivity contribution in [2.75, 3.05) is 43.8 Å². The lowest BCUT2D eigenvalue weighted by molar-refractivity contribution is 0.0874. The monoisotopic (exact) mass is 556 g/mol. The van der Waals surface area contributed by atoms with E-state index >= 15 is 0 Å². The van der Waals surface area contributed by atoms with Crippen LogP contribution < -0.4 is 16.4 Å². The molecule has 9 nitrogen and oxygen atoms in total. The number of ether oxygens (including phenoxy) is 3. The molecule has 2 aromatic heterocycles. The third kappa shape index (κ3) is 5.66. The van der Waals surface area contributed by atoms with E-state index in [-0.39, 0.29) is 6.04 Å². The first kappa shape index (κ1) is 26.5. The van der Waals surface area contributed by atoms with Crippen molar-refractivity contribution in [1.82, 2.24) is 15.0 Å². The van der Waals surface area contributed by atoms with Gasteiger partial charge in [0.15, 0.2) is 5.82 Å². The average Bonchev–Trinajstić information content (AvgIpc) is 2.93. The van der Waals surface area contributed by atoms with Crippen molar-refractivity contribution in [1.29, 1.82) is 0 Å². The SMILES string of the molecule is COC1=C(Cl)C(c2cc3cnc(N[C@H]4CCCOC4)nc3c(NCc3cccc(N)c3)n2)=C(Cl)C(OC)C1. The second kappa shape index (κ2) is 11.7. The van der Waals surface area contributed by atoms with E-state index in [1.165, 1.54) is 0 Å². The fourth-order valence-electron chi connectivity index (χ4n) is 4.63. The van der Waals surface area contributed by atoms with Crippen molar-refractivity contribution in [2.45, 2.75) is 38.0 Å². The molecule has 1 aliphatic heterocycles. The van der Waals surface area contributed by atoms with E-state index in [4.69, 9.17) is 53.1 Å². The molecule has 1 saturated heterocycles. The molecule has 1 fully saturated rings. The molecule has 2 aliphatic rings. The summed E-state index contributed by atoms with van der Waals surface area (Å²) >= 11 is 13.5. The normalized spacial score (nSPS) is 20.1. The summed E-state index contributed by atoms with van der Waals surface area (Å²) in [5.41, 5.74) is 9.45. The maximum absolute atomic E-state index is 6.78. The van der Waals surface area contributed by atoms with E-state index < -0.39 is 6.10 Å². The Bertz CT molecular complexity index is 1390. The lowest BCUT2D eigenvalue weighted by Crippen LogP contribution is -2.30. The molecule has 2 atom stereocenters. The third-order valence-electron chi connectivity index (χ3n) is 6.61. The predicted molar refractivity (Wildman–Crippen MR) is 151 cm³/mol. The van der Waals surface area contributed by atoms with E-state index in [0.717, 1.165) is 30.4 Å². The molecule has 0 radical (unpaired) electrons. The van der Waals surface area contributed by atoms with Crippen LogP contribution in [0.4, 0.5) is 17.5 Å². The Kier molecular flexibility index (Phi) is 8.18. The fraction of sp³-hybridized carbons (Fsp3) is 0.370. The number of halogens is 2. The zero-order valence-corrected chi connectivity index (χ0v) is 22.8. The summed E-state index contributed by atoms with van der Waals surface area (Å²) < 4.78 is 16.7. The van der Waals surface area contributed by atoms with Crippen LogP contribution in [0.5, 0.6) is 0 Å². The minimum Gasteiger partial charge on any atom is -0.499 e. The van der Waals surface area contributed by atoms with Gasteiger partial charge in [-0.15, -0.1) is 0 Å². The molecule has 11 heteroatoms. The van der Waals surface area contributed by atoms with Crippen LogP contribution in [0, 0.1) is 0 Å². The van der Waals surface area contributed by atoms with Crippen LogP contribution in [0.1, 0.15) is 30.5 Å². The number of hydrogen-bond acceptors (Lipinski definition) is 9. The number of pyridine rings is 1. The zero-order valence-electron chi connectivity index (χ0n) is 21.3. The number of nitrogen functional groups attached to an aromatic ring is 1. The molecule has 38 heavy (non-hydrogen) atoms. The Labute approximate surface area is 231 Å². The van der Waals surface area contributed by atoms with E-state index in [1.807, 2.05) is 30.3 Å². The van der Waals surface area contributed by atoms with Crippen LogP contribution >= 0.6 is 23.2 Å². The van der Waals surface area contributed by atoms with Crippen molar-refractivity contribution >= 4 is 57.1 Å². The Hall–Kier alpha value is -3.11. The number of benzene rings is 1. The average molecular weight is 557 g/mol. The molecule has 0 saturated carbocycles. The molecule has 1 aromatic carbocycles. The second-order valence-corrected chi connectivity index (χ2v) is 10.0.